The lowest BCUT2D eigenvalue weighted by atomic mass is 9.78. The molecular weight excluding hydrogens is 256 g/mol. The quantitative estimate of drug-likeness (QED) is 0.450. The zero-order chi connectivity index (χ0) is 15.6. The summed E-state index contributed by atoms with van der Waals surface area (Å²) < 4.78 is 5.65. The highest BCUT2D eigenvalue weighted by atomic mass is 16.6. The first kappa shape index (κ1) is 17.1. The van der Waals surface area contributed by atoms with Crippen molar-refractivity contribution in [3.8, 4) is 0 Å². The van der Waals surface area contributed by atoms with Crippen LogP contribution in [0.3, 0.4) is 0 Å². The third-order valence-corrected chi connectivity index (χ3v) is 6.13. The molecule has 0 amide bonds. The van der Waals surface area contributed by atoms with Gasteiger partial charge in [-0.15, -0.1) is 0 Å². The number of fused-ring (bicyclic) bond motifs is 1. The number of ether oxygens (including phenoxy) is 1. The van der Waals surface area contributed by atoms with Crippen molar-refractivity contribution in [3.63, 3.8) is 0 Å². The molecule has 0 aromatic heterocycles. The second-order valence-corrected chi connectivity index (χ2v) is 8.53. The van der Waals surface area contributed by atoms with Gasteiger partial charge in [0.1, 0.15) is 0 Å². The van der Waals surface area contributed by atoms with Crippen molar-refractivity contribution in [2.75, 3.05) is 0 Å². The highest BCUT2D eigenvalue weighted by Gasteiger charge is 2.55. The van der Waals surface area contributed by atoms with E-state index in [2.05, 4.69) is 47.6 Å². The van der Waals surface area contributed by atoms with Gasteiger partial charge in [0.15, 0.2) is 0 Å². The normalized spacial score (nSPS) is 38.5. The van der Waals surface area contributed by atoms with E-state index < -0.39 is 0 Å². The molecule has 1 heterocycles. The Bertz CT molecular complexity index is 368. The Morgan fingerprint density at radius 2 is 1.76 bits per heavy atom. The van der Waals surface area contributed by atoms with E-state index in [9.17, 15) is 0 Å². The van der Waals surface area contributed by atoms with Crippen LogP contribution in [0.25, 0.3) is 0 Å². The van der Waals surface area contributed by atoms with Gasteiger partial charge in [0, 0.05) is 0 Å². The molecule has 0 N–H and O–H groups in total. The largest absolute Gasteiger partial charge is 0.366 e. The summed E-state index contributed by atoms with van der Waals surface area (Å²) in [7, 11) is 0. The molecule has 2 unspecified atom stereocenters. The third-order valence-electron chi connectivity index (χ3n) is 6.13. The molecule has 0 spiro atoms. The molecule has 122 valence electrons. The summed E-state index contributed by atoms with van der Waals surface area (Å²) in [4.78, 5) is 0. The Morgan fingerprint density at radius 3 is 2.24 bits per heavy atom. The summed E-state index contributed by atoms with van der Waals surface area (Å²) in [6, 6.07) is 0. The standard InChI is InChI=1S/C10H18O.C10H18/c1-7(2)8-4-5-10(3)9(6-8)11-10;1-8(2)10-6-4-9(3)5-7-10/h7-9H,4-6H2,1-3H3;4,8,10H,5-7H2,1-3H3/t8-,9?,10?;10-/m01/s1. The summed E-state index contributed by atoms with van der Waals surface area (Å²) in [5, 5.41) is 0. The van der Waals surface area contributed by atoms with Crippen molar-refractivity contribution in [1.29, 1.82) is 0 Å². The van der Waals surface area contributed by atoms with Gasteiger partial charge in [-0.2, -0.15) is 0 Å². The molecule has 2 fully saturated rings. The molecule has 1 saturated carbocycles. The first-order chi connectivity index (χ1) is 9.82. The van der Waals surface area contributed by atoms with Crippen molar-refractivity contribution in [2.24, 2.45) is 23.7 Å². The lowest BCUT2D eigenvalue weighted by molar-refractivity contribution is 0.275. The molecule has 0 aromatic rings. The van der Waals surface area contributed by atoms with Gasteiger partial charge >= 0.3 is 0 Å². The van der Waals surface area contributed by atoms with Crippen LogP contribution in [-0.4, -0.2) is 11.7 Å². The van der Waals surface area contributed by atoms with E-state index in [0.717, 1.165) is 23.7 Å². The predicted molar refractivity (Wildman–Crippen MR) is 91.4 cm³/mol. The van der Waals surface area contributed by atoms with Gasteiger partial charge in [-0.1, -0.05) is 39.3 Å². The summed E-state index contributed by atoms with van der Waals surface area (Å²) in [5.41, 5.74) is 1.91. The highest BCUT2D eigenvalue weighted by molar-refractivity contribution is 5.04. The smallest absolute Gasteiger partial charge is 0.0920 e. The fraction of sp³-hybridized carbons (Fsp3) is 0.900. The molecule has 0 radical (unpaired) electrons. The van der Waals surface area contributed by atoms with Crippen LogP contribution in [0.2, 0.25) is 0 Å². The molecule has 4 atom stereocenters. The maximum absolute atomic E-state index is 5.65. The van der Waals surface area contributed by atoms with E-state index in [1.54, 1.807) is 5.57 Å². The summed E-state index contributed by atoms with van der Waals surface area (Å²) in [6.07, 6.45) is 11.1. The molecule has 0 bridgehead atoms. The molecule has 3 rings (SSSR count). The second-order valence-electron chi connectivity index (χ2n) is 8.53. The molecule has 1 nitrogen and oxygen atoms in total. The van der Waals surface area contributed by atoms with Crippen LogP contribution in [-0.2, 0) is 4.74 Å². The zero-order valence-corrected chi connectivity index (χ0v) is 15.1. The van der Waals surface area contributed by atoms with Gasteiger partial charge in [0.25, 0.3) is 0 Å². The topological polar surface area (TPSA) is 12.5 Å². The Morgan fingerprint density at radius 1 is 1.10 bits per heavy atom. The predicted octanol–water partition coefficient (Wildman–Crippen LogP) is 5.99. The van der Waals surface area contributed by atoms with E-state index in [4.69, 9.17) is 4.74 Å². The van der Waals surface area contributed by atoms with Gasteiger partial charge in [-0.3, -0.25) is 0 Å². The SMILES string of the molecule is CC(C)[C@H]1CCC2(C)OC2C1.CC1=CC[C@@H](C(C)C)CC1. The number of hydrogen-bond donors (Lipinski definition) is 0. The monoisotopic (exact) mass is 292 g/mol. The van der Waals surface area contributed by atoms with Crippen LogP contribution < -0.4 is 0 Å². The van der Waals surface area contributed by atoms with Crippen molar-refractivity contribution in [2.45, 2.75) is 91.8 Å². The Labute approximate surface area is 132 Å². The minimum absolute atomic E-state index is 0.311. The van der Waals surface area contributed by atoms with Gasteiger partial charge in [0.05, 0.1) is 11.7 Å². The average molecular weight is 293 g/mol. The molecule has 1 aliphatic heterocycles. The fourth-order valence-corrected chi connectivity index (χ4v) is 3.87. The van der Waals surface area contributed by atoms with E-state index in [1.165, 1.54) is 38.5 Å². The van der Waals surface area contributed by atoms with Crippen LogP contribution in [0, 0.1) is 23.7 Å². The maximum Gasteiger partial charge on any atom is 0.0920 e. The van der Waals surface area contributed by atoms with Crippen LogP contribution >= 0.6 is 0 Å². The minimum Gasteiger partial charge on any atom is -0.366 e. The van der Waals surface area contributed by atoms with Crippen molar-refractivity contribution < 1.29 is 4.74 Å². The summed E-state index contributed by atoms with van der Waals surface area (Å²) >= 11 is 0. The van der Waals surface area contributed by atoms with Crippen molar-refractivity contribution >= 4 is 0 Å². The Balaban J connectivity index is 0.000000155. The van der Waals surface area contributed by atoms with Gasteiger partial charge < -0.3 is 4.74 Å². The van der Waals surface area contributed by atoms with E-state index in [0.29, 0.717) is 11.7 Å². The molecular formula is C20H36O. The number of epoxide rings is 1. The van der Waals surface area contributed by atoms with E-state index in [1.807, 2.05) is 0 Å². The first-order valence-electron chi connectivity index (χ1n) is 9.15. The molecule has 0 aromatic carbocycles. The first-order valence-corrected chi connectivity index (χ1v) is 9.15. The molecule has 21 heavy (non-hydrogen) atoms. The van der Waals surface area contributed by atoms with Gasteiger partial charge in [-0.05, 0) is 76.0 Å². The fourth-order valence-electron chi connectivity index (χ4n) is 3.87. The molecule has 2 aliphatic carbocycles. The second kappa shape index (κ2) is 6.86. The van der Waals surface area contributed by atoms with Gasteiger partial charge in [-0.25, -0.2) is 0 Å². The van der Waals surface area contributed by atoms with E-state index in [-0.39, 0.29) is 0 Å². The zero-order valence-electron chi connectivity index (χ0n) is 15.1. The molecule has 1 saturated heterocycles. The Hall–Kier alpha value is -0.300. The lowest BCUT2D eigenvalue weighted by Crippen LogP contribution is -2.24. The van der Waals surface area contributed by atoms with Crippen LogP contribution in [0.4, 0.5) is 0 Å². The highest BCUT2D eigenvalue weighted by Crippen LogP contribution is 2.50. The summed E-state index contributed by atoms with van der Waals surface area (Å²) in [5.74, 6) is 3.62. The van der Waals surface area contributed by atoms with E-state index >= 15 is 0 Å². The van der Waals surface area contributed by atoms with Crippen LogP contribution in [0.5, 0.6) is 0 Å². The third kappa shape index (κ3) is 4.58. The minimum atomic E-state index is 0.311. The lowest BCUT2D eigenvalue weighted by Gasteiger charge is -2.25. The maximum atomic E-state index is 5.65. The Kier molecular flexibility index (Phi) is 5.57. The number of allylic oxidation sites excluding steroid dienone is 2. The number of rotatable bonds is 2. The van der Waals surface area contributed by atoms with Gasteiger partial charge in [0.2, 0.25) is 0 Å². The summed E-state index contributed by atoms with van der Waals surface area (Å²) in [6.45, 7) is 13.8. The van der Waals surface area contributed by atoms with Crippen molar-refractivity contribution in [1.82, 2.24) is 0 Å². The van der Waals surface area contributed by atoms with Crippen LogP contribution in [0.15, 0.2) is 11.6 Å². The molecule has 1 heteroatoms. The van der Waals surface area contributed by atoms with Crippen LogP contribution in [0.1, 0.15) is 80.1 Å². The van der Waals surface area contributed by atoms with Crippen molar-refractivity contribution in [3.05, 3.63) is 11.6 Å². The molecule has 3 aliphatic rings. The average Bonchev–Trinajstić information content (AvgIpc) is 3.10. The number of hydrogen-bond acceptors (Lipinski definition) is 1.